The van der Waals surface area contributed by atoms with Crippen molar-refractivity contribution in [2.45, 2.75) is 96.5 Å². The van der Waals surface area contributed by atoms with E-state index < -0.39 is 35.3 Å². The van der Waals surface area contributed by atoms with Crippen LogP contribution in [0.25, 0.3) is 39.0 Å². The maximum Gasteiger partial charge on any atom is 0.427 e. The Labute approximate surface area is 372 Å². The van der Waals surface area contributed by atoms with E-state index in [4.69, 9.17) is 14.7 Å². The molecular formula is C48H50F2N10O5. The monoisotopic (exact) mass is 884 g/mol. The molecule has 3 fully saturated rings. The van der Waals surface area contributed by atoms with Crippen molar-refractivity contribution in [1.82, 2.24) is 49.0 Å². The number of imidazole rings is 1. The molecule has 65 heavy (non-hydrogen) atoms. The first-order valence-corrected chi connectivity index (χ1v) is 22.2. The third kappa shape index (κ3) is 6.29. The first kappa shape index (κ1) is 41.1. The van der Waals surface area contributed by atoms with Crippen LogP contribution in [0.15, 0.2) is 71.9 Å². The maximum atomic E-state index is 15.8. The molecule has 2 saturated heterocycles. The molecule has 4 aliphatic rings. The number of benzene rings is 3. The number of carbonyl (C=O) groups excluding carboxylic acids is 2. The highest BCUT2D eigenvalue weighted by atomic mass is 19.1. The number of aromatic nitrogens is 7. The predicted octanol–water partition coefficient (Wildman–Crippen LogP) is 7.29. The number of hydrogen-bond donors (Lipinski definition) is 2. The summed E-state index contributed by atoms with van der Waals surface area (Å²) in [7, 11) is 1.72. The van der Waals surface area contributed by atoms with Gasteiger partial charge in [0.2, 0.25) is 0 Å². The third-order valence-electron chi connectivity index (χ3n) is 14.4. The van der Waals surface area contributed by atoms with Gasteiger partial charge in [0.05, 0.1) is 46.0 Å². The van der Waals surface area contributed by atoms with Gasteiger partial charge in [0.1, 0.15) is 29.3 Å². The smallest absolute Gasteiger partial charge is 0.376 e. The van der Waals surface area contributed by atoms with Crippen molar-refractivity contribution in [3.05, 3.63) is 123 Å². The van der Waals surface area contributed by atoms with Gasteiger partial charge in [-0.25, -0.2) is 23.1 Å². The zero-order valence-electron chi connectivity index (χ0n) is 37.3. The molecule has 2 amide bonds. The molecule has 7 heterocycles. The van der Waals surface area contributed by atoms with Gasteiger partial charge >= 0.3 is 11.8 Å². The van der Waals surface area contributed by atoms with E-state index in [2.05, 4.69) is 59.4 Å². The summed E-state index contributed by atoms with van der Waals surface area (Å²) in [6, 6.07) is 14.1. The van der Waals surface area contributed by atoms with Crippen LogP contribution < -0.4 is 16.5 Å². The molecule has 0 spiro atoms. The second kappa shape index (κ2) is 14.5. The van der Waals surface area contributed by atoms with Gasteiger partial charge < -0.3 is 19.0 Å². The van der Waals surface area contributed by atoms with Gasteiger partial charge in [-0.15, -0.1) is 5.48 Å². The van der Waals surface area contributed by atoms with Crippen molar-refractivity contribution in [3.8, 4) is 17.2 Å². The molecule has 1 unspecified atom stereocenters. The van der Waals surface area contributed by atoms with Crippen LogP contribution in [-0.2, 0) is 28.6 Å². The molecule has 15 nitrogen and oxygen atoms in total. The number of hydrogen-bond acceptors (Lipinski definition) is 8. The highest BCUT2D eigenvalue weighted by Gasteiger charge is 2.62. The maximum absolute atomic E-state index is 15.8. The Morgan fingerprint density at radius 3 is 2.40 bits per heavy atom. The molecule has 2 N–H and O–H groups in total. The van der Waals surface area contributed by atoms with Gasteiger partial charge in [0.25, 0.3) is 5.91 Å². The lowest BCUT2D eigenvalue weighted by atomic mass is 9.83. The van der Waals surface area contributed by atoms with Crippen molar-refractivity contribution in [1.29, 1.82) is 0 Å². The largest absolute Gasteiger partial charge is 0.427 e. The number of fused-ring (bicyclic) bond motifs is 3. The van der Waals surface area contributed by atoms with E-state index in [1.165, 1.54) is 27.0 Å². The number of carbonyl (C=O) groups is 2. The van der Waals surface area contributed by atoms with Crippen LogP contribution in [0.2, 0.25) is 0 Å². The third-order valence-corrected chi connectivity index (χ3v) is 14.4. The lowest BCUT2D eigenvalue weighted by Gasteiger charge is -2.36. The Hall–Kier alpha value is -6.59. The average molecular weight is 885 g/mol. The van der Waals surface area contributed by atoms with E-state index >= 15 is 13.6 Å². The molecule has 336 valence electrons. The summed E-state index contributed by atoms with van der Waals surface area (Å²) in [6.07, 6.45) is 6.29. The number of rotatable bonds is 7. The topological polar surface area (TPSA) is 147 Å². The summed E-state index contributed by atoms with van der Waals surface area (Å²) in [5.74, 6) is -0.483. The molecule has 17 heteroatoms. The predicted molar refractivity (Wildman–Crippen MR) is 238 cm³/mol. The van der Waals surface area contributed by atoms with Crippen molar-refractivity contribution in [3.63, 3.8) is 0 Å². The van der Waals surface area contributed by atoms with E-state index in [0.29, 0.717) is 76.5 Å². The van der Waals surface area contributed by atoms with Gasteiger partial charge in [0.15, 0.2) is 0 Å². The highest BCUT2D eigenvalue weighted by Crippen LogP contribution is 2.55. The zero-order valence-corrected chi connectivity index (χ0v) is 37.3. The zero-order chi connectivity index (χ0) is 45.4. The Morgan fingerprint density at radius 1 is 0.938 bits per heavy atom. The van der Waals surface area contributed by atoms with E-state index in [1.54, 1.807) is 60.9 Å². The lowest BCUT2D eigenvalue weighted by Crippen LogP contribution is -2.49. The van der Waals surface area contributed by atoms with Crippen LogP contribution in [0.3, 0.4) is 0 Å². The standard InChI is InChI=1S/C48H50F2N10O5/c1-25-16-33(17-26(2)41(25)50)60-42(58-14-13-57(46(58)63)38-20-32-24-51-55(7)37(32)21-34(38)49)40-28(4)56(12-10-35(40)53-60)43(61)39-19-31-18-29(30-11-15-64-47(5,6)23-30)8-9-36(31)59(39)48(22-27(48)3)44-52-45(62)65-54-44/h8-9,13-14,16-21,24,27-28,30,44,54H,10-12,15,22-23H2,1-7H3,(H,52,62)/t27-,28-,30-,44?,48-/m0/s1. The first-order chi connectivity index (χ1) is 31.0. The summed E-state index contributed by atoms with van der Waals surface area (Å²) in [5, 5.41) is 13.8. The van der Waals surface area contributed by atoms with Crippen LogP contribution in [0.4, 0.5) is 13.6 Å². The fourth-order valence-corrected chi connectivity index (χ4v) is 11.0. The van der Waals surface area contributed by atoms with Crippen LogP contribution in [0, 0.1) is 31.4 Å². The van der Waals surface area contributed by atoms with E-state index in [0.717, 1.165) is 23.7 Å². The molecule has 1 aliphatic carbocycles. The van der Waals surface area contributed by atoms with Crippen LogP contribution in [0.1, 0.15) is 97.4 Å². The first-order valence-electron chi connectivity index (χ1n) is 22.2. The van der Waals surface area contributed by atoms with Crippen LogP contribution >= 0.6 is 0 Å². The number of halogens is 2. The number of nitrogens with one attached hydrogen (secondary N) is 2. The van der Waals surface area contributed by atoms with Crippen LogP contribution in [0.5, 0.6) is 0 Å². The summed E-state index contributed by atoms with van der Waals surface area (Å²) in [6.45, 7) is 12.6. The van der Waals surface area contributed by atoms with Crippen molar-refractivity contribution < 1.29 is 27.9 Å². The van der Waals surface area contributed by atoms with E-state index in [9.17, 15) is 9.59 Å². The van der Waals surface area contributed by atoms with Crippen molar-refractivity contribution in [2.24, 2.45) is 13.0 Å². The number of amides is 2. The minimum absolute atomic E-state index is 0.0469. The van der Waals surface area contributed by atoms with Gasteiger partial charge in [-0.05, 0) is 119 Å². The minimum Gasteiger partial charge on any atom is -0.376 e. The molecule has 7 aromatic rings. The minimum atomic E-state index is -0.718. The lowest BCUT2D eigenvalue weighted by molar-refractivity contribution is -0.0592. The molecular weight excluding hydrogens is 835 g/mol. The molecule has 3 aliphatic heterocycles. The number of nitrogens with zero attached hydrogens (tertiary/aromatic N) is 8. The molecule has 3 aromatic carbocycles. The Bertz CT molecular complexity index is 3190. The quantitative estimate of drug-likeness (QED) is 0.170. The fraction of sp³-hybridized carbons (Fsp3) is 0.396. The van der Waals surface area contributed by atoms with Gasteiger partial charge in [0, 0.05) is 66.9 Å². The highest BCUT2D eigenvalue weighted by molar-refractivity contribution is 6.00. The molecule has 11 rings (SSSR count). The Balaban J connectivity index is 1.05. The average Bonchev–Trinajstić information content (AvgIpc) is 3.89. The van der Waals surface area contributed by atoms with E-state index in [-0.39, 0.29) is 34.8 Å². The van der Waals surface area contributed by atoms with E-state index in [1.807, 2.05) is 17.9 Å². The van der Waals surface area contributed by atoms with Crippen LogP contribution in [-0.4, -0.2) is 75.1 Å². The van der Waals surface area contributed by atoms with Crippen molar-refractivity contribution in [2.75, 3.05) is 13.2 Å². The number of aryl methyl sites for hydroxylation is 3. The Kier molecular flexibility index (Phi) is 9.15. The summed E-state index contributed by atoms with van der Waals surface area (Å²) in [4.78, 5) is 49.7. The van der Waals surface area contributed by atoms with Crippen molar-refractivity contribution >= 4 is 33.8 Å². The van der Waals surface area contributed by atoms with Gasteiger partial charge in [-0.2, -0.15) is 10.2 Å². The second-order valence-electron chi connectivity index (χ2n) is 19.0. The normalized spacial score (nSPS) is 23.8. The Morgan fingerprint density at radius 2 is 1.69 bits per heavy atom. The summed E-state index contributed by atoms with van der Waals surface area (Å²) in [5.41, 5.74) is 7.11. The molecule has 0 bridgehead atoms. The molecule has 4 aromatic heterocycles. The molecule has 1 saturated carbocycles. The van der Waals surface area contributed by atoms with Gasteiger partial charge in [-0.3, -0.25) is 23.9 Å². The van der Waals surface area contributed by atoms with Gasteiger partial charge in [-0.1, -0.05) is 13.0 Å². The second-order valence-corrected chi connectivity index (χ2v) is 19.0. The number of ether oxygens (including phenoxy) is 1. The number of hydroxylamine groups is 1. The molecule has 5 atom stereocenters. The SMILES string of the molecule is Cc1cc(-n2nc3c(c2-n2ccn(-c4cc5cnn(C)c5cc4F)c2=O)[C@H](C)N(C(=O)c2cc4cc([C@H]5CCOC(C)(C)C5)ccc4n2[C@@]2(C4NOC(=O)N4)C[C@@H]2C)CC3)cc(C)c1F. The molecule has 0 radical (unpaired) electrons. The summed E-state index contributed by atoms with van der Waals surface area (Å²) < 4.78 is 45.0. The fourth-order valence-electron chi connectivity index (χ4n) is 11.0. The summed E-state index contributed by atoms with van der Waals surface area (Å²) >= 11 is 0.